The van der Waals surface area contributed by atoms with Crippen molar-refractivity contribution in [3.63, 3.8) is 0 Å². The van der Waals surface area contributed by atoms with Gasteiger partial charge in [0.05, 0.1) is 5.75 Å². The van der Waals surface area contributed by atoms with E-state index in [1.54, 1.807) is 0 Å². The lowest BCUT2D eigenvalue weighted by Gasteiger charge is -2.40. The van der Waals surface area contributed by atoms with Gasteiger partial charge in [0.2, 0.25) is 0 Å². The maximum absolute atomic E-state index is 10.2. The monoisotopic (exact) mass is 165 g/mol. The van der Waals surface area contributed by atoms with Gasteiger partial charge in [0, 0.05) is 13.1 Å². The van der Waals surface area contributed by atoms with Crippen LogP contribution in [0.2, 0.25) is 0 Å². The first-order chi connectivity index (χ1) is 4.67. The van der Waals surface area contributed by atoms with Crippen molar-refractivity contribution in [2.24, 2.45) is 0 Å². The molecule has 1 saturated heterocycles. The van der Waals surface area contributed by atoms with Crippen molar-refractivity contribution in [3.05, 3.63) is 0 Å². The van der Waals surface area contributed by atoms with Crippen LogP contribution in [0.1, 0.15) is 0 Å². The average Bonchev–Trinajstić information content (AvgIpc) is 1.87. The van der Waals surface area contributed by atoms with Gasteiger partial charge in [-0.25, -0.2) is 0 Å². The number of nitrogens with one attached hydrogen (secondary N) is 1. The minimum Gasteiger partial charge on any atom is -0.313 e. The first kappa shape index (κ1) is 8.00. The summed E-state index contributed by atoms with van der Waals surface area (Å²) >= 11 is 0. The maximum Gasteiger partial charge on any atom is 0.143 e. The van der Waals surface area contributed by atoms with Crippen LogP contribution in [-0.4, -0.2) is 39.5 Å². The second kappa shape index (κ2) is 2.87. The van der Waals surface area contributed by atoms with Gasteiger partial charge in [-0.15, -0.1) is 0 Å². The van der Waals surface area contributed by atoms with E-state index in [9.17, 15) is 13.9 Å². The van der Waals surface area contributed by atoms with E-state index >= 15 is 0 Å². The van der Waals surface area contributed by atoms with Crippen LogP contribution in [0.25, 0.3) is 0 Å². The van der Waals surface area contributed by atoms with Gasteiger partial charge in [-0.3, -0.25) is 9.11 Å². The van der Waals surface area contributed by atoms with Crippen molar-refractivity contribution in [2.45, 2.75) is 5.25 Å². The quantitative estimate of drug-likeness (QED) is 0.475. The number of aldehydes is 1. The third-order valence-corrected chi connectivity index (χ3v) is 3.61. The molecule has 0 spiro atoms. The molecule has 0 aliphatic carbocycles. The fourth-order valence-corrected chi connectivity index (χ4v) is 2.20. The lowest BCUT2D eigenvalue weighted by molar-refractivity contribution is -0.107. The van der Waals surface area contributed by atoms with Crippen LogP contribution in [0.3, 0.4) is 0 Å². The molecule has 1 aliphatic heterocycles. The van der Waals surface area contributed by atoms with Crippen LogP contribution >= 0.6 is 10.6 Å². The molecule has 1 heterocycles. The Morgan fingerprint density at radius 3 is 2.70 bits per heavy atom. The van der Waals surface area contributed by atoms with Crippen molar-refractivity contribution in [1.82, 2.24) is 5.32 Å². The summed E-state index contributed by atoms with van der Waals surface area (Å²) in [6.07, 6.45) is 0.613. The summed E-state index contributed by atoms with van der Waals surface area (Å²) in [6, 6.07) is 0. The first-order valence-electron chi connectivity index (χ1n) is 3.07. The van der Waals surface area contributed by atoms with Crippen LogP contribution in [-0.2, 0) is 4.79 Å². The normalized spacial score (nSPS) is 34.8. The molecule has 60 valence electrons. The minimum absolute atomic E-state index is 0.302. The summed E-state index contributed by atoms with van der Waals surface area (Å²) < 4.78 is 18.4. The fourth-order valence-electron chi connectivity index (χ4n) is 0.889. The second-order valence-electron chi connectivity index (χ2n) is 2.30. The largest absolute Gasteiger partial charge is 0.313 e. The molecule has 4 nitrogen and oxygen atoms in total. The lowest BCUT2D eigenvalue weighted by atomic mass is 10.4. The van der Waals surface area contributed by atoms with E-state index in [0.717, 1.165) is 0 Å². The molecule has 1 unspecified atom stereocenters. The van der Waals surface area contributed by atoms with Gasteiger partial charge in [0.15, 0.2) is 0 Å². The van der Waals surface area contributed by atoms with E-state index in [2.05, 4.69) is 5.32 Å². The smallest absolute Gasteiger partial charge is 0.143 e. The highest BCUT2D eigenvalue weighted by Crippen LogP contribution is 2.43. The fraction of sp³-hybridized carbons (Fsp3) is 0.800. The molecule has 3 N–H and O–H groups in total. The molecule has 1 aliphatic rings. The SMILES string of the molecule is O=CC1CNCCS1(O)O. The van der Waals surface area contributed by atoms with Crippen molar-refractivity contribution in [3.8, 4) is 0 Å². The predicted molar refractivity (Wildman–Crippen MR) is 40.4 cm³/mol. The Hall–Kier alpha value is -0.100. The second-order valence-corrected chi connectivity index (χ2v) is 4.75. The lowest BCUT2D eigenvalue weighted by Crippen LogP contribution is -2.41. The highest BCUT2D eigenvalue weighted by Gasteiger charge is 2.27. The molecule has 0 radical (unpaired) electrons. The Morgan fingerprint density at radius 2 is 2.30 bits per heavy atom. The summed E-state index contributed by atoms with van der Waals surface area (Å²) in [6.45, 7) is 0.985. The van der Waals surface area contributed by atoms with Gasteiger partial charge < -0.3 is 10.1 Å². The van der Waals surface area contributed by atoms with Crippen molar-refractivity contribution < 1.29 is 13.9 Å². The maximum atomic E-state index is 10.2. The number of hydrogen-bond donors (Lipinski definition) is 3. The zero-order valence-corrected chi connectivity index (χ0v) is 6.30. The molecule has 1 fully saturated rings. The van der Waals surface area contributed by atoms with E-state index in [-0.39, 0.29) is 0 Å². The minimum atomic E-state index is -2.60. The molecule has 0 amide bonds. The van der Waals surface area contributed by atoms with Gasteiger partial charge in [-0.1, -0.05) is 0 Å². The molecule has 0 aromatic heterocycles. The Bertz CT molecular complexity index is 139. The van der Waals surface area contributed by atoms with Crippen molar-refractivity contribution in [1.29, 1.82) is 0 Å². The van der Waals surface area contributed by atoms with Gasteiger partial charge in [-0.05, 0) is 0 Å². The topological polar surface area (TPSA) is 69.6 Å². The third kappa shape index (κ3) is 1.49. The molecule has 10 heavy (non-hydrogen) atoms. The van der Waals surface area contributed by atoms with E-state index in [4.69, 9.17) is 0 Å². The highest BCUT2D eigenvalue weighted by atomic mass is 32.3. The summed E-state index contributed by atoms with van der Waals surface area (Å²) in [5.74, 6) is 0.302. The number of carbonyl (C=O) groups excluding carboxylic acids is 1. The average molecular weight is 165 g/mol. The van der Waals surface area contributed by atoms with Gasteiger partial charge in [0.25, 0.3) is 0 Å². The summed E-state index contributed by atoms with van der Waals surface area (Å²) in [5, 5.41) is 2.31. The molecule has 1 atom stereocenters. The van der Waals surface area contributed by atoms with Crippen LogP contribution in [0, 0.1) is 0 Å². The summed E-state index contributed by atoms with van der Waals surface area (Å²) in [5.41, 5.74) is 0. The standard InChI is InChI=1S/C5H11NO3S/c7-4-5-3-6-1-2-10(5,8)9/h4-6,8-9H,1-3H2. The van der Waals surface area contributed by atoms with E-state index in [1.165, 1.54) is 0 Å². The first-order valence-corrected chi connectivity index (χ1v) is 4.85. The number of rotatable bonds is 1. The number of carbonyl (C=O) groups is 1. The van der Waals surface area contributed by atoms with Gasteiger partial charge in [-0.2, -0.15) is 10.6 Å². The van der Waals surface area contributed by atoms with Crippen LogP contribution in [0.15, 0.2) is 0 Å². The van der Waals surface area contributed by atoms with Crippen LogP contribution < -0.4 is 5.32 Å². The molecule has 0 bridgehead atoms. The summed E-state index contributed by atoms with van der Waals surface area (Å²) in [7, 11) is -2.60. The molecule has 0 aromatic carbocycles. The van der Waals surface area contributed by atoms with E-state index < -0.39 is 15.8 Å². The Kier molecular flexibility index (Phi) is 2.30. The van der Waals surface area contributed by atoms with Crippen LogP contribution in [0.4, 0.5) is 0 Å². The number of hydrogen-bond acceptors (Lipinski definition) is 4. The molecular weight excluding hydrogens is 154 g/mol. The summed E-state index contributed by atoms with van der Waals surface area (Å²) in [4.78, 5) is 10.2. The molecule has 0 saturated carbocycles. The Morgan fingerprint density at radius 1 is 1.60 bits per heavy atom. The Balaban J connectivity index is 2.59. The highest BCUT2D eigenvalue weighted by molar-refractivity contribution is 8.25. The Labute approximate surface area is 61.0 Å². The molecule has 0 aromatic rings. The molecule has 1 rings (SSSR count). The third-order valence-electron chi connectivity index (χ3n) is 1.56. The zero-order chi connectivity index (χ0) is 7.61. The zero-order valence-electron chi connectivity index (χ0n) is 5.49. The van der Waals surface area contributed by atoms with Gasteiger partial charge in [0.1, 0.15) is 11.5 Å². The molecule has 5 heteroatoms. The van der Waals surface area contributed by atoms with E-state index in [1.807, 2.05) is 0 Å². The van der Waals surface area contributed by atoms with E-state index in [0.29, 0.717) is 25.1 Å². The van der Waals surface area contributed by atoms with Crippen molar-refractivity contribution >= 4 is 16.9 Å². The van der Waals surface area contributed by atoms with Crippen molar-refractivity contribution in [2.75, 3.05) is 18.8 Å². The van der Waals surface area contributed by atoms with Crippen LogP contribution in [0.5, 0.6) is 0 Å². The predicted octanol–water partition coefficient (Wildman–Crippen LogP) is -0.0923. The molecular formula is C5H11NO3S. The van der Waals surface area contributed by atoms with Gasteiger partial charge >= 0.3 is 0 Å².